The molecular formula is C21H30N6O4. The molecule has 1 aromatic rings. The highest BCUT2D eigenvalue weighted by Gasteiger charge is 2.49. The van der Waals surface area contributed by atoms with Crippen LogP contribution in [0.25, 0.3) is 0 Å². The number of rotatable bonds is 5. The van der Waals surface area contributed by atoms with Gasteiger partial charge < -0.3 is 19.4 Å². The van der Waals surface area contributed by atoms with Gasteiger partial charge in [0.05, 0.1) is 32.2 Å². The number of hydrogen-bond donors (Lipinski definition) is 0. The molecule has 31 heavy (non-hydrogen) atoms. The van der Waals surface area contributed by atoms with Crippen molar-refractivity contribution in [3.8, 4) is 0 Å². The van der Waals surface area contributed by atoms with Crippen LogP contribution in [0.5, 0.6) is 0 Å². The highest BCUT2D eigenvalue weighted by atomic mass is 16.5. The van der Waals surface area contributed by atoms with Crippen molar-refractivity contribution in [3.05, 3.63) is 18.5 Å². The summed E-state index contributed by atoms with van der Waals surface area (Å²) in [5, 5.41) is 0. The number of carbonyl (C=O) groups is 3. The SMILES string of the molecule is CC[C@H]1[C@@H](C(=O)OC)C[C@H]2CN(C(=O)CN3CCN(c4ncccn4)CC3)CC(=O)N21. The second kappa shape index (κ2) is 9.17. The van der Waals surface area contributed by atoms with Gasteiger partial charge in [0.2, 0.25) is 17.8 Å². The van der Waals surface area contributed by atoms with E-state index in [2.05, 4.69) is 19.8 Å². The molecule has 0 aromatic carbocycles. The lowest BCUT2D eigenvalue weighted by molar-refractivity contribution is -0.151. The number of piperazine rings is 2. The van der Waals surface area contributed by atoms with Crippen molar-refractivity contribution < 1.29 is 19.1 Å². The average molecular weight is 431 g/mol. The number of fused-ring (bicyclic) bond motifs is 1. The highest BCUT2D eigenvalue weighted by molar-refractivity contribution is 5.88. The zero-order valence-corrected chi connectivity index (χ0v) is 18.1. The fraction of sp³-hybridized carbons (Fsp3) is 0.667. The Bertz CT molecular complexity index is 813. The third kappa shape index (κ3) is 4.34. The minimum absolute atomic E-state index is 0.0352. The molecule has 3 aliphatic heterocycles. The van der Waals surface area contributed by atoms with Crippen LogP contribution >= 0.6 is 0 Å². The highest BCUT2D eigenvalue weighted by Crippen LogP contribution is 2.35. The number of esters is 1. The molecule has 3 atom stereocenters. The maximum absolute atomic E-state index is 13.0. The van der Waals surface area contributed by atoms with E-state index in [1.807, 2.05) is 11.8 Å². The quantitative estimate of drug-likeness (QED) is 0.583. The largest absolute Gasteiger partial charge is 0.469 e. The maximum Gasteiger partial charge on any atom is 0.310 e. The lowest BCUT2D eigenvalue weighted by Crippen LogP contribution is -2.59. The van der Waals surface area contributed by atoms with E-state index >= 15 is 0 Å². The van der Waals surface area contributed by atoms with Crippen molar-refractivity contribution in [3.63, 3.8) is 0 Å². The van der Waals surface area contributed by atoms with Crippen LogP contribution in [0.2, 0.25) is 0 Å². The Kier molecular flexibility index (Phi) is 6.35. The van der Waals surface area contributed by atoms with Gasteiger partial charge in [0.1, 0.15) is 0 Å². The molecule has 0 unspecified atom stereocenters. The summed E-state index contributed by atoms with van der Waals surface area (Å²) in [4.78, 5) is 54.3. The van der Waals surface area contributed by atoms with Gasteiger partial charge in [-0.3, -0.25) is 19.3 Å². The summed E-state index contributed by atoms with van der Waals surface area (Å²) in [6, 6.07) is 1.53. The monoisotopic (exact) mass is 430 g/mol. The zero-order chi connectivity index (χ0) is 22.0. The number of ether oxygens (including phenoxy) is 1. The molecule has 0 radical (unpaired) electrons. The number of anilines is 1. The molecular weight excluding hydrogens is 400 g/mol. The molecule has 0 saturated carbocycles. The molecule has 3 saturated heterocycles. The van der Waals surface area contributed by atoms with Crippen molar-refractivity contribution >= 4 is 23.7 Å². The number of hydrogen-bond acceptors (Lipinski definition) is 8. The number of amides is 2. The molecule has 0 aliphatic carbocycles. The van der Waals surface area contributed by atoms with E-state index in [0.29, 0.717) is 31.9 Å². The van der Waals surface area contributed by atoms with Gasteiger partial charge in [-0.2, -0.15) is 0 Å². The van der Waals surface area contributed by atoms with E-state index in [4.69, 9.17) is 4.74 Å². The van der Waals surface area contributed by atoms with Gasteiger partial charge in [-0.1, -0.05) is 6.92 Å². The van der Waals surface area contributed by atoms with Gasteiger partial charge in [-0.05, 0) is 18.9 Å². The molecule has 0 bridgehead atoms. The van der Waals surface area contributed by atoms with Crippen LogP contribution in [0.4, 0.5) is 5.95 Å². The molecule has 10 nitrogen and oxygen atoms in total. The Morgan fingerprint density at radius 3 is 2.52 bits per heavy atom. The normalized spacial score (nSPS) is 26.7. The van der Waals surface area contributed by atoms with Crippen molar-refractivity contribution in [1.82, 2.24) is 24.7 Å². The van der Waals surface area contributed by atoms with Crippen molar-refractivity contribution in [2.24, 2.45) is 5.92 Å². The smallest absolute Gasteiger partial charge is 0.310 e. The minimum Gasteiger partial charge on any atom is -0.469 e. The minimum atomic E-state index is -0.313. The van der Waals surface area contributed by atoms with Crippen LogP contribution in [-0.2, 0) is 19.1 Å². The van der Waals surface area contributed by atoms with E-state index in [9.17, 15) is 14.4 Å². The molecule has 168 valence electrons. The lowest BCUT2D eigenvalue weighted by atomic mass is 9.97. The molecule has 2 amide bonds. The number of methoxy groups -OCH3 is 1. The van der Waals surface area contributed by atoms with Crippen molar-refractivity contribution in [2.45, 2.75) is 31.8 Å². The van der Waals surface area contributed by atoms with Gasteiger partial charge in [-0.25, -0.2) is 9.97 Å². The Morgan fingerprint density at radius 1 is 1.16 bits per heavy atom. The summed E-state index contributed by atoms with van der Waals surface area (Å²) in [5.74, 6) is 0.0161. The number of carbonyl (C=O) groups excluding carboxylic acids is 3. The first-order chi connectivity index (χ1) is 15.0. The number of nitrogens with zero attached hydrogens (tertiary/aromatic N) is 6. The van der Waals surface area contributed by atoms with Crippen LogP contribution in [0.15, 0.2) is 18.5 Å². The molecule has 0 N–H and O–H groups in total. The number of aromatic nitrogens is 2. The molecule has 4 rings (SSSR count). The summed E-state index contributed by atoms with van der Waals surface area (Å²) in [7, 11) is 1.38. The lowest BCUT2D eigenvalue weighted by Gasteiger charge is -2.41. The Morgan fingerprint density at radius 2 is 1.87 bits per heavy atom. The third-order valence-corrected chi connectivity index (χ3v) is 6.63. The van der Waals surface area contributed by atoms with Gasteiger partial charge in [-0.15, -0.1) is 0 Å². The van der Waals surface area contributed by atoms with Crippen LogP contribution in [0, 0.1) is 5.92 Å². The Balaban J connectivity index is 1.32. The van der Waals surface area contributed by atoms with Gasteiger partial charge in [0.15, 0.2) is 0 Å². The second-order valence-electron chi connectivity index (χ2n) is 8.38. The summed E-state index contributed by atoms with van der Waals surface area (Å²) in [6.07, 6.45) is 4.71. The average Bonchev–Trinajstić information content (AvgIpc) is 3.19. The van der Waals surface area contributed by atoms with Crippen LogP contribution in [0.1, 0.15) is 19.8 Å². The predicted molar refractivity (Wildman–Crippen MR) is 112 cm³/mol. The standard InChI is InChI=1S/C21H30N6O4/c1-3-17-16(20(30)31-2)11-15-12-26(14-19(29)27(15)17)18(28)13-24-7-9-25(10-8-24)21-22-5-4-6-23-21/h4-6,15-17H,3,7-14H2,1-2H3/t15-,16-,17-/m0/s1. The topological polar surface area (TPSA) is 99.2 Å². The summed E-state index contributed by atoms with van der Waals surface area (Å²) >= 11 is 0. The summed E-state index contributed by atoms with van der Waals surface area (Å²) in [5.41, 5.74) is 0. The molecule has 10 heteroatoms. The summed E-state index contributed by atoms with van der Waals surface area (Å²) < 4.78 is 4.95. The fourth-order valence-corrected chi connectivity index (χ4v) is 5.07. The molecule has 0 spiro atoms. The van der Waals surface area contributed by atoms with Crippen LogP contribution in [0.3, 0.4) is 0 Å². The van der Waals surface area contributed by atoms with E-state index in [0.717, 1.165) is 26.2 Å². The first kappa shape index (κ1) is 21.5. The van der Waals surface area contributed by atoms with E-state index in [1.54, 1.807) is 23.4 Å². The van der Waals surface area contributed by atoms with Gasteiger partial charge >= 0.3 is 5.97 Å². The van der Waals surface area contributed by atoms with E-state index in [-0.39, 0.29) is 42.3 Å². The molecule has 3 aliphatic rings. The van der Waals surface area contributed by atoms with Crippen LogP contribution in [-0.4, -0.2) is 107 Å². The van der Waals surface area contributed by atoms with E-state index < -0.39 is 0 Å². The predicted octanol–water partition coefficient (Wildman–Crippen LogP) is -0.390. The van der Waals surface area contributed by atoms with Crippen molar-refractivity contribution in [1.29, 1.82) is 0 Å². The van der Waals surface area contributed by atoms with E-state index in [1.165, 1.54) is 7.11 Å². The second-order valence-corrected chi connectivity index (χ2v) is 8.38. The molecule has 1 aromatic heterocycles. The summed E-state index contributed by atoms with van der Waals surface area (Å²) in [6.45, 7) is 5.82. The third-order valence-electron chi connectivity index (χ3n) is 6.63. The molecule has 4 heterocycles. The van der Waals surface area contributed by atoms with Gasteiger partial charge in [0, 0.05) is 51.2 Å². The first-order valence-electron chi connectivity index (χ1n) is 10.9. The van der Waals surface area contributed by atoms with Crippen LogP contribution < -0.4 is 4.90 Å². The molecule has 3 fully saturated rings. The Labute approximate surface area is 182 Å². The maximum atomic E-state index is 13.0. The van der Waals surface area contributed by atoms with Crippen molar-refractivity contribution in [2.75, 3.05) is 57.8 Å². The first-order valence-corrected chi connectivity index (χ1v) is 10.9. The fourth-order valence-electron chi connectivity index (χ4n) is 5.07. The zero-order valence-electron chi connectivity index (χ0n) is 18.1. The Hall–Kier alpha value is -2.75. The van der Waals surface area contributed by atoms with Gasteiger partial charge in [0.25, 0.3) is 0 Å².